The number of carbonyl (C=O) groups excluding carboxylic acids is 4. The van der Waals surface area contributed by atoms with E-state index in [1.807, 2.05) is 60.7 Å². The Morgan fingerprint density at radius 2 is 0.796 bits per heavy atom. The summed E-state index contributed by atoms with van der Waals surface area (Å²) in [6.45, 7) is 0. The van der Waals surface area contributed by atoms with Crippen LogP contribution < -0.4 is 10.6 Å². The number of hydrogen-bond acceptors (Lipinski definition) is 10. The van der Waals surface area contributed by atoms with Crippen molar-refractivity contribution >= 4 is 105 Å². The van der Waals surface area contributed by atoms with Gasteiger partial charge in [0.15, 0.2) is 0 Å². The molecule has 54 heavy (non-hydrogen) atoms. The average molecular weight is 781 g/mol. The van der Waals surface area contributed by atoms with E-state index < -0.39 is 23.4 Å². The van der Waals surface area contributed by atoms with Crippen LogP contribution in [-0.2, 0) is 19.2 Å². The number of Topliss-reactive ketones (excluding diaryl/α,β-unsaturated/α-hetero) is 2. The first-order valence-corrected chi connectivity index (χ1v) is 19.8. The molecule has 0 unspecified atom stereocenters. The minimum absolute atomic E-state index is 0.0289. The molecular weight excluding hydrogens is 757 g/mol. The maximum absolute atomic E-state index is 14.1. The van der Waals surface area contributed by atoms with Gasteiger partial charge in [0, 0.05) is 11.4 Å². The highest BCUT2D eigenvalue weighted by molar-refractivity contribution is 8.26. The molecule has 12 heteroatoms. The second-order valence-electron chi connectivity index (χ2n) is 12.3. The number of nitrogens with one attached hydrogen (secondary N) is 2. The number of ketones is 2. The van der Waals surface area contributed by atoms with Gasteiger partial charge in [-0.3, -0.25) is 19.2 Å². The molecule has 2 aliphatic carbocycles. The number of anilines is 2. The average Bonchev–Trinajstić information content (AvgIpc) is 3.84. The highest BCUT2D eigenvalue weighted by Crippen LogP contribution is 2.69. The molecule has 0 saturated heterocycles. The van der Waals surface area contributed by atoms with Crippen LogP contribution in [0, 0.1) is 0 Å². The Balaban J connectivity index is 1.07. The highest BCUT2D eigenvalue weighted by Gasteiger charge is 2.41. The number of fused-ring (bicyclic) bond motifs is 4. The number of para-hydroxylation sites is 2. The van der Waals surface area contributed by atoms with Gasteiger partial charge in [-0.1, -0.05) is 132 Å². The maximum atomic E-state index is 14.1. The third-order valence-corrected chi connectivity index (χ3v) is 14.2. The van der Waals surface area contributed by atoms with Gasteiger partial charge in [-0.15, -0.1) is 0 Å². The number of aromatic hydroxyl groups is 2. The summed E-state index contributed by atoms with van der Waals surface area (Å²) in [6, 6.07) is 32.3. The standard InChI is InChI=1S/C42H24N2O6S4/c45-31-27(39(49)43-23-13-3-1-4-14-23)19-21-11-7-9-17-25(21)29(31)41-51-35-33(47)37-38(34(48)36(35)52-41)54-42(53-37)30-26-18-10-8-12-22(26)20-28(32(30)46)40(50)44-24-15-5-2-6-16-24/h1-20,47-48H,(H,43,49)(H,44,50). The molecule has 0 bridgehead atoms. The van der Waals surface area contributed by atoms with Crippen molar-refractivity contribution in [2.75, 3.05) is 10.6 Å². The van der Waals surface area contributed by atoms with Crippen LogP contribution in [0.2, 0.25) is 0 Å². The first kappa shape index (κ1) is 34.1. The molecule has 0 radical (unpaired) electrons. The number of amides is 2. The Kier molecular flexibility index (Phi) is 8.62. The van der Waals surface area contributed by atoms with Crippen molar-refractivity contribution in [1.82, 2.24) is 0 Å². The van der Waals surface area contributed by atoms with E-state index in [-0.39, 0.29) is 22.6 Å². The van der Waals surface area contributed by atoms with Crippen molar-refractivity contribution in [3.05, 3.63) is 151 Å². The number of phenolic OH excluding ortho intramolecular Hbond substituents is 2. The largest absolute Gasteiger partial charge is 0.505 e. The van der Waals surface area contributed by atoms with E-state index in [1.165, 1.54) is 0 Å². The van der Waals surface area contributed by atoms with E-state index in [1.54, 1.807) is 60.7 Å². The molecule has 0 aromatic heterocycles. The Labute approximate surface area is 325 Å². The van der Waals surface area contributed by atoms with Crippen LogP contribution in [0.1, 0.15) is 22.3 Å². The number of phenols is 2. The molecule has 4 aliphatic rings. The lowest BCUT2D eigenvalue weighted by molar-refractivity contribution is -0.118. The van der Waals surface area contributed by atoms with E-state index in [0.29, 0.717) is 72.8 Å². The van der Waals surface area contributed by atoms with E-state index >= 15 is 0 Å². The first-order valence-electron chi connectivity index (χ1n) is 16.5. The van der Waals surface area contributed by atoms with Crippen LogP contribution in [0.3, 0.4) is 0 Å². The maximum Gasteiger partial charge on any atom is 0.259 e. The molecule has 5 aromatic carbocycles. The predicted molar refractivity (Wildman–Crippen MR) is 216 cm³/mol. The number of thioether (sulfide) groups is 4. The predicted octanol–water partition coefficient (Wildman–Crippen LogP) is 9.44. The van der Waals surface area contributed by atoms with Crippen molar-refractivity contribution in [1.29, 1.82) is 0 Å². The highest BCUT2D eigenvalue weighted by atomic mass is 32.2. The van der Waals surface area contributed by atoms with Gasteiger partial charge in [-0.2, -0.15) is 0 Å². The monoisotopic (exact) mass is 780 g/mol. The molecule has 0 spiro atoms. The molecule has 2 aliphatic heterocycles. The fourth-order valence-electron chi connectivity index (χ4n) is 6.47. The SMILES string of the molecule is O=C(Nc1ccccc1)C1=Cc2ccccc2C(=C2Sc3c(O)c4c(c(O)c3S2)SC(=C2C(=O)C(C(=O)Nc3ccccc3)=Cc3ccccc32)S4)C1=O. The van der Waals surface area contributed by atoms with Gasteiger partial charge < -0.3 is 20.8 Å². The number of carbonyl (C=O) groups is 4. The number of hydrogen-bond donors (Lipinski definition) is 4. The summed E-state index contributed by atoms with van der Waals surface area (Å²) < 4.78 is 1.03. The molecule has 0 saturated carbocycles. The molecule has 2 amide bonds. The molecule has 8 nitrogen and oxygen atoms in total. The third-order valence-electron chi connectivity index (χ3n) is 9.02. The zero-order valence-electron chi connectivity index (χ0n) is 27.7. The smallest absolute Gasteiger partial charge is 0.259 e. The summed E-state index contributed by atoms with van der Waals surface area (Å²) >= 11 is 4.60. The Bertz CT molecular complexity index is 2430. The summed E-state index contributed by atoms with van der Waals surface area (Å²) in [5.74, 6) is -2.22. The molecule has 0 atom stereocenters. The molecular formula is C42H24N2O6S4. The minimum atomic E-state index is -0.545. The topological polar surface area (TPSA) is 133 Å². The van der Waals surface area contributed by atoms with Gasteiger partial charge in [0.1, 0.15) is 11.5 Å². The number of rotatable bonds is 4. The zero-order valence-corrected chi connectivity index (χ0v) is 31.0. The van der Waals surface area contributed by atoms with E-state index in [9.17, 15) is 29.4 Å². The summed E-state index contributed by atoms with van der Waals surface area (Å²) in [6.07, 6.45) is 3.17. The Morgan fingerprint density at radius 1 is 0.463 bits per heavy atom. The molecule has 9 rings (SSSR count). The van der Waals surface area contributed by atoms with Crippen LogP contribution in [0.4, 0.5) is 11.4 Å². The third kappa shape index (κ3) is 5.78. The molecule has 262 valence electrons. The lowest BCUT2D eigenvalue weighted by Crippen LogP contribution is -2.24. The van der Waals surface area contributed by atoms with Crippen molar-refractivity contribution in [3.8, 4) is 11.5 Å². The summed E-state index contributed by atoms with van der Waals surface area (Å²) in [7, 11) is 0. The molecule has 4 N–H and O–H groups in total. The fourth-order valence-corrected chi connectivity index (χ4v) is 11.9. The van der Waals surface area contributed by atoms with Crippen LogP contribution in [0.25, 0.3) is 23.3 Å². The van der Waals surface area contributed by atoms with Crippen LogP contribution in [-0.4, -0.2) is 33.6 Å². The first-order chi connectivity index (χ1) is 26.3. The van der Waals surface area contributed by atoms with Gasteiger partial charge >= 0.3 is 0 Å². The van der Waals surface area contributed by atoms with E-state index in [0.717, 1.165) is 47.0 Å². The zero-order chi connectivity index (χ0) is 37.1. The second kappa shape index (κ2) is 13.6. The number of allylic oxidation sites excluding steroid dienone is 2. The van der Waals surface area contributed by atoms with Crippen LogP contribution in [0.15, 0.2) is 148 Å². The van der Waals surface area contributed by atoms with E-state index in [4.69, 9.17) is 0 Å². The quantitative estimate of drug-likeness (QED) is 0.0795. The fraction of sp³-hybridized carbons (Fsp3) is 0. The molecule has 5 aromatic rings. The summed E-state index contributed by atoms with van der Waals surface area (Å²) in [5, 5.41) is 29.2. The van der Waals surface area contributed by atoms with Gasteiger partial charge in [0.05, 0.1) is 50.3 Å². The minimum Gasteiger partial charge on any atom is -0.505 e. The second-order valence-corrected chi connectivity index (χ2v) is 16.9. The van der Waals surface area contributed by atoms with Gasteiger partial charge in [-0.25, -0.2) is 0 Å². The lowest BCUT2D eigenvalue weighted by Gasteiger charge is -2.20. The van der Waals surface area contributed by atoms with Gasteiger partial charge in [-0.05, 0) is 58.7 Å². The molecule has 0 fully saturated rings. The van der Waals surface area contributed by atoms with Gasteiger partial charge in [0.25, 0.3) is 11.8 Å². The summed E-state index contributed by atoms with van der Waals surface area (Å²) in [4.78, 5) is 56.6. The van der Waals surface area contributed by atoms with Crippen LogP contribution >= 0.6 is 47.0 Å². The van der Waals surface area contributed by atoms with E-state index in [2.05, 4.69) is 10.6 Å². The number of benzene rings is 5. The van der Waals surface area contributed by atoms with Crippen LogP contribution in [0.5, 0.6) is 11.5 Å². The van der Waals surface area contributed by atoms with Crippen molar-refractivity contribution in [3.63, 3.8) is 0 Å². The molecule has 2 heterocycles. The normalized spacial score (nSPS) is 15.6. The van der Waals surface area contributed by atoms with Gasteiger partial charge in [0.2, 0.25) is 11.6 Å². The van der Waals surface area contributed by atoms with Crippen molar-refractivity contribution < 1.29 is 29.4 Å². The Morgan fingerprint density at radius 3 is 1.17 bits per heavy atom. The summed E-state index contributed by atoms with van der Waals surface area (Å²) in [5.41, 5.74) is 4.31. The van der Waals surface area contributed by atoms with Crippen molar-refractivity contribution in [2.45, 2.75) is 19.6 Å². The Hall–Kier alpha value is -5.66. The van der Waals surface area contributed by atoms with Crippen molar-refractivity contribution in [2.24, 2.45) is 0 Å². The lowest BCUT2D eigenvalue weighted by atomic mass is 9.87.